The zero-order chi connectivity index (χ0) is 21.9. The molecule has 1 aliphatic heterocycles. The fraction of sp³-hybridized carbons (Fsp3) is 0.296. The van der Waals surface area contributed by atoms with Crippen molar-refractivity contribution in [2.24, 2.45) is 0 Å². The number of rotatable bonds is 6. The Bertz CT molecular complexity index is 1200. The van der Waals surface area contributed by atoms with Gasteiger partial charge < -0.3 is 4.90 Å². The van der Waals surface area contributed by atoms with Crippen LogP contribution in [-0.2, 0) is 17.6 Å². The summed E-state index contributed by atoms with van der Waals surface area (Å²) in [7, 11) is 0. The number of carbonyl (C=O) groups excluding carboxylic acids is 1. The minimum Gasteiger partial charge on any atom is -0.342 e. The maximum Gasteiger partial charge on any atom is 0.223 e. The lowest BCUT2D eigenvalue weighted by Crippen LogP contribution is -2.28. The molecular weight excluding hydrogens is 414 g/mol. The molecule has 3 heterocycles. The molecule has 32 heavy (non-hydrogen) atoms. The molecule has 1 saturated heterocycles. The zero-order valence-electron chi connectivity index (χ0n) is 18.3. The second-order valence-corrected chi connectivity index (χ2v) is 9.72. The largest absolute Gasteiger partial charge is 0.342 e. The van der Waals surface area contributed by atoms with Crippen LogP contribution >= 0.6 is 11.3 Å². The van der Waals surface area contributed by atoms with E-state index in [9.17, 15) is 4.79 Å². The highest BCUT2D eigenvalue weighted by molar-refractivity contribution is 7.18. The van der Waals surface area contributed by atoms with Crippen LogP contribution in [0.4, 0.5) is 0 Å². The first-order valence-corrected chi connectivity index (χ1v) is 12.1. The monoisotopic (exact) mass is 441 g/mol. The van der Waals surface area contributed by atoms with Crippen molar-refractivity contribution >= 4 is 27.5 Å². The SMILES string of the molecule is Cc1cc(Cc2ccccc2)cc(C2CCN(C(=O)CCc3nc4ccccc4s3)C2)n1. The molecule has 5 rings (SSSR count). The van der Waals surface area contributed by atoms with E-state index < -0.39 is 0 Å². The molecule has 5 heteroatoms. The molecule has 0 saturated carbocycles. The van der Waals surface area contributed by atoms with E-state index in [0.717, 1.165) is 47.8 Å². The van der Waals surface area contributed by atoms with E-state index in [1.54, 1.807) is 11.3 Å². The highest BCUT2D eigenvalue weighted by Crippen LogP contribution is 2.28. The van der Waals surface area contributed by atoms with Gasteiger partial charge in [-0.3, -0.25) is 9.78 Å². The summed E-state index contributed by atoms with van der Waals surface area (Å²) in [5.41, 5.74) is 5.80. The summed E-state index contributed by atoms with van der Waals surface area (Å²) in [5, 5.41) is 1.04. The molecule has 4 nitrogen and oxygen atoms in total. The minimum atomic E-state index is 0.226. The Morgan fingerprint density at radius 1 is 1.03 bits per heavy atom. The van der Waals surface area contributed by atoms with Gasteiger partial charge in [-0.05, 0) is 55.2 Å². The maximum absolute atomic E-state index is 12.9. The summed E-state index contributed by atoms with van der Waals surface area (Å²) in [6, 6.07) is 23.1. The van der Waals surface area contributed by atoms with Gasteiger partial charge in [-0.1, -0.05) is 42.5 Å². The Morgan fingerprint density at radius 3 is 2.69 bits per heavy atom. The third-order valence-electron chi connectivity index (χ3n) is 6.13. The van der Waals surface area contributed by atoms with Gasteiger partial charge in [0.05, 0.1) is 15.2 Å². The topological polar surface area (TPSA) is 46.1 Å². The second-order valence-electron chi connectivity index (χ2n) is 8.60. The normalized spacial score (nSPS) is 16.0. The standard InChI is InChI=1S/C27H27N3OS/c1-19-15-21(16-20-7-3-2-4-8-20)17-24(28-19)22-13-14-30(18-22)27(31)12-11-26-29-23-9-5-6-10-25(23)32-26/h2-10,15,17,22H,11-14,16,18H2,1H3. The Kier molecular flexibility index (Phi) is 5.99. The molecule has 2 aromatic carbocycles. The fourth-order valence-corrected chi connectivity index (χ4v) is 5.50. The molecule has 2 aromatic heterocycles. The molecule has 1 atom stereocenters. The number of hydrogen-bond acceptors (Lipinski definition) is 4. The van der Waals surface area contributed by atoms with Crippen molar-refractivity contribution < 1.29 is 4.79 Å². The Morgan fingerprint density at radius 2 is 1.84 bits per heavy atom. The lowest BCUT2D eigenvalue weighted by molar-refractivity contribution is -0.130. The van der Waals surface area contributed by atoms with Crippen LogP contribution in [0.5, 0.6) is 0 Å². The van der Waals surface area contributed by atoms with Crippen molar-refractivity contribution in [2.75, 3.05) is 13.1 Å². The van der Waals surface area contributed by atoms with Gasteiger partial charge in [0.2, 0.25) is 5.91 Å². The van der Waals surface area contributed by atoms with Crippen LogP contribution in [0.2, 0.25) is 0 Å². The predicted molar refractivity (Wildman–Crippen MR) is 130 cm³/mol. The molecule has 1 unspecified atom stereocenters. The van der Waals surface area contributed by atoms with Crippen molar-refractivity contribution in [3.05, 3.63) is 94.3 Å². The van der Waals surface area contributed by atoms with Crippen LogP contribution in [0.15, 0.2) is 66.7 Å². The second kappa shape index (κ2) is 9.21. The highest BCUT2D eigenvalue weighted by atomic mass is 32.1. The van der Waals surface area contributed by atoms with Gasteiger partial charge in [-0.25, -0.2) is 4.98 Å². The number of benzene rings is 2. The van der Waals surface area contributed by atoms with E-state index in [1.807, 2.05) is 29.2 Å². The van der Waals surface area contributed by atoms with Crippen molar-refractivity contribution in [1.82, 2.24) is 14.9 Å². The number of fused-ring (bicyclic) bond motifs is 1. The summed E-state index contributed by atoms with van der Waals surface area (Å²) in [4.78, 5) is 24.4. The Balaban J connectivity index is 1.21. The number of hydrogen-bond donors (Lipinski definition) is 0. The van der Waals surface area contributed by atoms with Crippen molar-refractivity contribution in [3.8, 4) is 0 Å². The minimum absolute atomic E-state index is 0.226. The van der Waals surface area contributed by atoms with E-state index >= 15 is 0 Å². The highest BCUT2D eigenvalue weighted by Gasteiger charge is 2.28. The number of likely N-dealkylation sites (tertiary alicyclic amines) is 1. The number of nitrogens with zero attached hydrogens (tertiary/aromatic N) is 3. The summed E-state index contributed by atoms with van der Waals surface area (Å²) in [5.74, 6) is 0.541. The quantitative estimate of drug-likeness (QED) is 0.395. The zero-order valence-corrected chi connectivity index (χ0v) is 19.1. The molecule has 4 aromatic rings. The van der Waals surface area contributed by atoms with Crippen LogP contribution < -0.4 is 0 Å². The molecule has 1 amide bonds. The van der Waals surface area contributed by atoms with Gasteiger partial charge in [-0.2, -0.15) is 0 Å². The molecule has 1 fully saturated rings. The van der Waals surface area contributed by atoms with Crippen molar-refractivity contribution in [2.45, 2.75) is 38.5 Å². The van der Waals surface area contributed by atoms with Gasteiger partial charge in [-0.15, -0.1) is 11.3 Å². The third-order valence-corrected chi connectivity index (χ3v) is 7.23. The van der Waals surface area contributed by atoms with Gasteiger partial charge in [0.15, 0.2) is 0 Å². The molecule has 0 radical (unpaired) electrons. The lowest BCUT2D eigenvalue weighted by Gasteiger charge is -2.17. The number of pyridine rings is 1. The Hall–Kier alpha value is -3.05. The molecular formula is C27H27N3OS. The molecule has 0 N–H and O–H groups in total. The van der Waals surface area contributed by atoms with Gasteiger partial charge in [0.25, 0.3) is 0 Å². The van der Waals surface area contributed by atoms with Gasteiger partial charge in [0, 0.05) is 43.2 Å². The number of carbonyl (C=O) groups is 1. The van der Waals surface area contributed by atoms with Crippen LogP contribution in [0, 0.1) is 6.92 Å². The first kappa shape index (κ1) is 20.8. The summed E-state index contributed by atoms with van der Waals surface area (Å²) in [6.07, 6.45) is 3.12. The van der Waals surface area contributed by atoms with Crippen LogP contribution in [0.25, 0.3) is 10.2 Å². The molecule has 0 spiro atoms. The number of para-hydroxylation sites is 1. The average molecular weight is 442 g/mol. The Labute approximate surface area is 193 Å². The van der Waals surface area contributed by atoms with E-state index in [2.05, 4.69) is 54.4 Å². The average Bonchev–Trinajstić information content (AvgIpc) is 3.45. The number of thiazole rings is 1. The summed E-state index contributed by atoms with van der Waals surface area (Å²) >= 11 is 1.69. The van der Waals surface area contributed by atoms with Crippen LogP contribution in [0.3, 0.4) is 0 Å². The molecule has 0 bridgehead atoms. The number of aryl methyl sites for hydroxylation is 2. The molecule has 162 valence electrons. The predicted octanol–water partition coefficient (Wildman–Crippen LogP) is 5.54. The number of aromatic nitrogens is 2. The van der Waals surface area contributed by atoms with Crippen molar-refractivity contribution in [1.29, 1.82) is 0 Å². The van der Waals surface area contributed by atoms with E-state index in [-0.39, 0.29) is 5.91 Å². The van der Waals surface area contributed by atoms with Gasteiger partial charge >= 0.3 is 0 Å². The summed E-state index contributed by atoms with van der Waals surface area (Å²) in [6.45, 7) is 3.64. The molecule has 1 aliphatic rings. The molecule has 0 aliphatic carbocycles. The summed E-state index contributed by atoms with van der Waals surface area (Å²) < 4.78 is 1.19. The first-order valence-electron chi connectivity index (χ1n) is 11.3. The van der Waals surface area contributed by atoms with Crippen LogP contribution in [-0.4, -0.2) is 33.9 Å². The third kappa shape index (κ3) is 4.73. The van der Waals surface area contributed by atoms with Crippen LogP contribution in [0.1, 0.15) is 46.3 Å². The van der Waals surface area contributed by atoms with Crippen molar-refractivity contribution in [3.63, 3.8) is 0 Å². The van der Waals surface area contributed by atoms with E-state index in [4.69, 9.17) is 4.98 Å². The smallest absolute Gasteiger partial charge is 0.223 e. The first-order chi connectivity index (χ1) is 15.6. The number of amides is 1. The lowest BCUT2D eigenvalue weighted by atomic mass is 9.98. The van der Waals surface area contributed by atoms with E-state index in [1.165, 1.54) is 15.8 Å². The van der Waals surface area contributed by atoms with Gasteiger partial charge in [0.1, 0.15) is 0 Å². The van der Waals surface area contributed by atoms with E-state index in [0.29, 0.717) is 18.8 Å². The maximum atomic E-state index is 12.9. The fourth-order valence-electron chi connectivity index (χ4n) is 4.54.